The predicted molar refractivity (Wildman–Crippen MR) is 95.1 cm³/mol. The number of allylic oxidation sites excluding steroid dienone is 1. The number of nitrogens with zero attached hydrogens (tertiary/aromatic N) is 1. The molecule has 7 nitrogen and oxygen atoms in total. The maximum Gasteiger partial charge on any atom is 0.374 e. The smallest absolute Gasteiger partial charge is 0.374 e. The molecule has 0 amide bonds. The maximum absolute atomic E-state index is 12.6. The fourth-order valence-corrected chi connectivity index (χ4v) is 2.96. The molecule has 1 aromatic carbocycles. The molecule has 1 aromatic rings. The number of carbonyl (C=O) groups excluding carboxylic acids is 2. The lowest BCUT2D eigenvalue weighted by Crippen LogP contribution is -2.29. The van der Waals surface area contributed by atoms with Crippen LogP contribution in [0, 0.1) is 11.3 Å². The van der Waals surface area contributed by atoms with E-state index < -0.39 is 17.9 Å². The number of hydrogen-bond acceptors (Lipinski definition) is 7. The molecule has 26 heavy (non-hydrogen) atoms. The van der Waals surface area contributed by atoms with Crippen molar-refractivity contribution < 1.29 is 23.8 Å². The van der Waals surface area contributed by atoms with Crippen molar-refractivity contribution in [3.05, 3.63) is 57.1 Å². The number of rotatable bonds is 5. The first-order valence-corrected chi connectivity index (χ1v) is 8.65. The van der Waals surface area contributed by atoms with Gasteiger partial charge in [0, 0.05) is 4.47 Å². The molecule has 0 radical (unpaired) electrons. The van der Waals surface area contributed by atoms with E-state index in [1.54, 1.807) is 38.1 Å². The Kier molecular flexibility index (Phi) is 6.41. The number of ether oxygens (including phenoxy) is 3. The second kappa shape index (κ2) is 8.54. The van der Waals surface area contributed by atoms with Crippen LogP contribution in [0.25, 0.3) is 0 Å². The van der Waals surface area contributed by atoms with Gasteiger partial charge < -0.3 is 19.9 Å². The second-order valence-electron chi connectivity index (χ2n) is 5.16. The van der Waals surface area contributed by atoms with Gasteiger partial charge >= 0.3 is 11.9 Å². The van der Waals surface area contributed by atoms with Gasteiger partial charge in [-0.25, -0.2) is 9.59 Å². The molecule has 0 saturated carbocycles. The van der Waals surface area contributed by atoms with Crippen LogP contribution in [-0.4, -0.2) is 25.2 Å². The van der Waals surface area contributed by atoms with E-state index in [1.165, 1.54) is 0 Å². The Morgan fingerprint density at radius 2 is 1.92 bits per heavy atom. The molecule has 2 rings (SSSR count). The minimum Gasteiger partial charge on any atom is -0.462 e. The highest BCUT2D eigenvalue weighted by molar-refractivity contribution is 9.10. The molecular weight excluding hydrogens is 404 g/mol. The number of benzene rings is 1. The number of nitriles is 1. The first kappa shape index (κ1) is 19.5. The lowest BCUT2D eigenvalue weighted by atomic mass is 9.83. The van der Waals surface area contributed by atoms with Crippen molar-refractivity contribution in [3.8, 4) is 6.07 Å². The monoisotopic (exact) mass is 420 g/mol. The zero-order chi connectivity index (χ0) is 19.3. The number of halogens is 1. The predicted octanol–water partition coefficient (Wildman–Crippen LogP) is 2.64. The van der Waals surface area contributed by atoms with E-state index in [1.807, 2.05) is 6.07 Å². The van der Waals surface area contributed by atoms with Crippen molar-refractivity contribution >= 4 is 27.9 Å². The number of esters is 2. The minimum absolute atomic E-state index is 0.0131. The standard InChI is InChI=1S/C18H17BrN2O5/c1-3-24-17(22)14-13(10-6-5-7-11(19)8-10)12(9-20)16(21)26-15(14)18(23)25-4-2/h5-8,13H,3-4,21H2,1-2H3/t13-/m1/s1. The Hall–Kier alpha value is -2.79. The number of nitrogens with two attached hydrogens (primary N) is 1. The highest BCUT2D eigenvalue weighted by Crippen LogP contribution is 2.40. The van der Waals surface area contributed by atoms with Gasteiger partial charge in [-0.15, -0.1) is 0 Å². The fourth-order valence-electron chi connectivity index (χ4n) is 2.54. The van der Waals surface area contributed by atoms with Crippen LogP contribution in [0.4, 0.5) is 0 Å². The summed E-state index contributed by atoms with van der Waals surface area (Å²) in [4.78, 5) is 24.9. The van der Waals surface area contributed by atoms with Gasteiger partial charge in [0.05, 0.1) is 19.1 Å². The highest BCUT2D eigenvalue weighted by Gasteiger charge is 2.40. The van der Waals surface area contributed by atoms with Crippen molar-refractivity contribution in [2.24, 2.45) is 5.73 Å². The summed E-state index contributed by atoms with van der Waals surface area (Å²) in [7, 11) is 0. The molecule has 0 aromatic heterocycles. The van der Waals surface area contributed by atoms with Gasteiger partial charge in [0.15, 0.2) is 0 Å². The molecule has 2 N–H and O–H groups in total. The molecule has 0 spiro atoms. The average molecular weight is 421 g/mol. The summed E-state index contributed by atoms with van der Waals surface area (Å²) in [5, 5.41) is 9.55. The van der Waals surface area contributed by atoms with Crippen LogP contribution in [-0.2, 0) is 23.8 Å². The zero-order valence-electron chi connectivity index (χ0n) is 14.2. The van der Waals surface area contributed by atoms with Gasteiger partial charge in [0.25, 0.3) is 0 Å². The number of carbonyl (C=O) groups is 2. The molecule has 1 aliphatic rings. The molecule has 1 atom stereocenters. The topological polar surface area (TPSA) is 112 Å². The summed E-state index contributed by atoms with van der Waals surface area (Å²) < 4.78 is 16.1. The molecule has 1 heterocycles. The molecule has 0 bridgehead atoms. The van der Waals surface area contributed by atoms with E-state index >= 15 is 0 Å². The van der Waals surface area contributed by atoms with Gasteiger partial charge in [-0.2, -0.15) is 5.26 Å². The summed E-state index contributed by atoms with van der Waals surface area (Å²) in [6.45, 7) is 3.43. The first-order valence-electron chi connectivity index (χ1n) is 7.85. The van der Waals surface area contributed by atoms with Crippen molar-refractivity contribution in [3.63, 3.8) is 0 Å². The van der Waals surface area contributed by atoms with Crippen LogP contribution in [0.5, 0.6) is 0 Å². The lowest BCUT2D eigenvalue weighted by molar-refractivity contribution is -0.145. The van der Waals surface area contributed by atoms with E-state index in [0.29, 0.717) is 5.56 Å². The van der Waals surface area contributed by atoms with Crippen LogP contribution in [0.1, 0.15) is 25.3 Å². The fraction of sp³-hybridized carbons (Fsp3) is 0.278. The molecule has 0 saturated heterocycles. The van der Waals surface area contributed by atoms with E-state index in [-0.39, 0.29) is 36.0 Å². The SMILES string of the molecule is CCOC(=O)C1=C(C(=O)OCC)[C@H](c2cccc(Br)c2)C(C#N)=C(N)O1. The summed E-state index contributed by atoms with van der Waals surface area (Å²) in [5.74, 6) is -3.17. The summed E-state index contributed by atoms with van der Waals surface area (Å²) in [6.07, 6.45) is 0. The lowest BCUT2D eigenvalue weighted by Gasteiger charge is -2.27. The zero-order valence-corrected chi connectivity index (χ0v) is 15.8. The van der Waals surface area contributed by atoms with Crippen LogP contribution in [0.3, 0.4) is 0 Å². The molecule has 8 heteroatoms. The van der Waals surface area contributed by atoms with E-state index in [9.17, 15) is 14.9 Å². The van der Waals surface area contributed by atoms with Crippen LogP contribution < -0.4 is 5.73 Å². The molecule has 136 valence electrons. The Morgan fingerprint density at radius 3 is 2.50 bits per heavy atom. The van der Waals surface area contributed by atoms with Crippen molar-refractivity contribution in [2.45, 2.75) is 19.8 Å². The average Bonchev–Trinajstić information content (AvgIpc) is 2.61. The van der Waals surface area contributed by atoms with E-state index in [2.05, 4.69) is 15.9 Å². The number of hydrogen-bond donors (Lipinski definition) is 1. The minimum atomic E-state index is -0.912. The third-order valence-electron chi connectivity index (χ3n) is 3.56. The Bertz CT molecular complexity index is 838. The Labute approximate surface area is 159 Å². The third kappa shape index (κ3) is 3.89. The van der Waals surface area contributed by atoms with Crippen molar-refractivity contribution in [1.29, 1.82) is 5.26 Å². The largest absolute Gasteiger partial charge is 0.462 e. The summed E-state index contributed by atoms with van der Waals surface area (Å²) >= 11 is 3.36. The molecular formula is C18H17BrN2O5. The first-order chi connectivity index (χ1) is 12.4. The second-order valence-corrected chi connectivity index (χ2v) is 6.08. The summed E-state index contributed by atoms with van der Waals surface area (Å²) in [6, 6.07) is 8.94. The van der Waals surface area contributed by atoms with Crippen molar-refractivity contribution in [2.75, 3.05) is 13.2 Å². The molecule has 0 fully saturated rings. The van der Waals surface area contributed by atoms with Gasteiger partial charge in [0.2, 0.25) is 11.6 Å². The van der Waals surface area contributed by atoms with Gasteiger partial charge in [-0.05, 0) is 31.5 Å². The van der Waals surface area contributed by atoms with Crippen molar-refractivity contribution in [1.82, 2.24) is 0 Å². The summed E-state index contributed by atoms with van der Waals surface area (Å²) in [5.41, 5.74) is 6.32. The van der Waals surface area contributed by atoms with Gasteiger partial charge in [-0.1, -0.05) is 28.1 Å². The normalized spacial score (nSPS) is 16.6. The molecule has 1 aliphatic heterocycles. The van der Waals surface area contributed by atoms with Crippen LogP contribution in [0.2, 0.25) is 0 Å². The van der Waals surface area contributed by atoms with Gasteiger partial charge in [0.1, 0.15) is 17.2 Å². The van der Waals surface area contributed by atoms with E-state index in [0.717, 1.165) is 4.47 Å². The maximum atomic E-state index is 12.6. The third-order valence-corrected chi connectivity index (χ3v) is 4.05. The quantitative estimate of drug-likeness (QED) is 0.728. The highest BCUT2D eigenvalue weighted by atomic mass is 79.9. The van der Waals surface area contributed by atoms with Gasteiger partial charge in [-0.3, -0.25) is 0 Å². The van der Waals surface area contributed by atoms with Crippen LogP contribution >= 0.6 is 15.9 Å². The van der Waals surface area contributed by atoms with Crippen LogP contribution in [0.15, 0.2) is 51.5 Å². The molecule has 0 unspecified atom stereocenters. The Balaban J connectivity index is 2.72. The van der Waals surface area contributed by atoms with E-state index in [4.69, 9.17) is 19.9 Å². The Morgan fingerprint density at radius 1 is 1.27 bits per heavy atom. The molecule has 0 aliphatic carbocycles.